The molecule has 9 heteroatoms. The first-order chi connectivity index (χ1) is 17.5. The molecule has 186 valence electrons. The number of carbonyl (C=O) groups is 1. The number of rotatable bonds is 9. The Kier molecular flexibility index (Phi) is 9.35. The zero-order valence-corrected chi connectivity index (χ0v) is 22.5. The lowest BCUT2D eigenvalue weighted by molar-refractivity contribution is -0.122. The molecule has 0 aliphatic carbocycles. The summed E-state index contributed by atoms with van der Waals surface area (Å²) in [5, 5.41) is 1.87. The van der Waals surface area contributed by atoms with Crippen molar-refractivity contribution in [1.82, 2.24) is 4.90 Å². The van der Waals surface area contributed by atoms with E-state index in [4.69, 9.17) is 44.3 Å². The second-order valence-corrected chi connectivity index (χ2v) is 9.92. The Morgan fingerprint density at radius 2 is 1.67 bits per heavy atom. The molecular weight excluding hydrogens is 539 g/mol. The number of carbonyl (C=O) groups excluding carboxylic acids is 1. The third kappa shape index (κ3) is 6.64. The summed E-state index contributed by atoms with van der Waals surface area (Å²) in [7, 11) is 0. The van der Waals surface area contributed by atoms with Crippen molar-refractivity contribution in [3.63, 3.8) is 0 Å². The average Bonchev–Trinajstić information content (AvgIpc) is 3.14. The lowest BCUT2D eigenvalue weighted by atomic mass is 10.2. The zero-order chi connectivity index (χ0) is 25.5. The monoisotopic (exact) mass is 560 g/mol. The third-order valence-corrected chi connectivity index (χ3v) is 7.12. The molecule has 3 aromatic carbocycles. The molecule has 3 aromatic rings. The molecule has 1 heterocycles. The molecule has 0 spiro atoms. The van der Waals surface area contributed by atoms with Crippen LogP contribution in [0.2, 0.25) is 15.1 Å². The molecule has 1 amide bonds. The molecule has 0 N–H and O–H groups in total. The van der Waals surface area contributed by atoms with Crippen molar-refractivity contribution in [2.24, 2.45) is 4.99 Å². The van der Waals surface area contributed by atoms with Gasteiger partial charge in [0.25, 0.3) is 5.91 Å². The van der Waals surface area contributed by atoms with E-state index < -0.39 is 0 Å². The molecule has 0 bridgehead atoms. The number of para-hydroxylation sites is 1. The highest BCUT2D eigenvalue weighted by atomic mass is 35.5. The van der Waals surface area contributed by atoms with Crippen LogP contribution in [0.15, 0.2) is 76.6 Å². The number of amidine groups is 1. The lowest BCUT2D eigenvalue weighted by Gasteiger charge is -2.15. The lowest BCUT2D eigenvalue weighted by Crippen LogP contribution is -2.32. The quantitative estimate of drug-likeness (QED) is 0.197. The topological polar surface area (TPSA) is 51.1 Å². The van der Waals surface area contributed by atoms with Gasteiger partial charge in [-0.05, 0) is 60.7 Å². The molecular formula is C27H23Cl3N2O3S. The Hall–Kier alpha value is -2.48. The number of amides is 1. The summed E-state index contributed by atoms with van der Waals surface area (Å²) in [6, 6.07) is 20.3. The summed E-state index contributed by atoms with van der Waals surface area (Å²) < 4.78 is 11.3. The van der Waals surface area contributed by atoms with Gasteiger partial charge in [-0.25, -0.2) is 4.99 Å². The van der Waals surface area contributed by atoms with E-state index in [-0.39, 0.29) is 12.5 Å². The maximum Gasteiger partial charge on any atom is 0.266 e. The van der Waals surface area contributed by atoms with Crippen molar-refractivity contribution in [2.45, 2.75) is 13.5 Å². The van der Waals surface area contributed by atoms with Gasteiger partial charge in [-0.3, -0.25) is 9.69 Å². The molecule has 0 radical (unpaired) electrons. The number of hydrogen-bond acceptors (Lipinski definition) is 5. The Morgan fingerprint density at radius 3 is 2.36 bits per heavy atom. The van der Waals surface area contributed by atoms with Gasteiger partial charge in [-0.1, -0.05) is 71.2 Å². The Bertz CT molecular complexity index is 1280. The average molecular weight is 562 g/mol. The van der Waals surface area contributed by atoms with Crippen LogP contribution in [0.3, 0.4) is 0 Å². The predicted octanol–water partition coefficient (Wildman–Crippen LogP) is 7.87. The Morgan fingerprint density at radius 1 is 0.972 bits per heavy atom. The minimum atomic E-state index is -0.152. The normalized spacial score (nSPS) is 15.8. The van der Waals surface area contributed by atoms with Crippen molar-refractivity contribution < 1.29 is 14.3 Å². The molecule has 1 fully saturated rings. The summed E-state index contributed by atoms with van der Waals surface area (Å²) in [6.45, 7) is 3.53. The van der Waals surface area contributed by atoms with E-state index in [2.05, 4.69) is 4.99 Å². The molecule has 1 aliphatic heterocycles. The summed E-state index contributed by atoms with van der Waals surface area (Å²) >= 11 is 20.5. The summed E-state index contributed by atoms with van der Waals surface area (Å²) in [4.78, 5) is 20.0. The van der Waals surface area contributed by atoms with E-state index in [0.29, 0.717) is 56.2 Å². The standard InChI is InChI=1S/C27H23Cl3N2O3S/c1-2-34-13-12-32-26(33)24(36-27(32)31-20-9-4-3-5-10-20)16-18-14-22(29)25(23(30)15-18)35-17-19-8-6-7-11-21(19)28/h3-11,14-16H,2,12-13,17H2,1H3/b24-16-,31-27?. The number of aliphatic imine (C=N–C) groups is 1. The van der Waals surface area contributed by atoms with Crippen molar-refractivity contribution in [1.29, 1.82) is 0 Å². The fraction of sp³-hybridized carbons (Fsp3) is 0.185. The summed E-state index contributed by atoms with van der Waals surface area (Å²) in [6.07, 6.45) is 1.75. The highest BCUT2D eigenvalue weighted by Crippen LogP contribution is 2.38. The smallest absolute Gasteiger partial charge is 0.266 e. The maximum absolute atomic E-state index is 13.2. The first kappa shape index (κ1) is 26.6. The molecule has 36 heavy (non-hydrogen) atoms. The van der Waals surface area contributed by atoms with Crippen molar-refractivity contribution in [3.05, 3.63) is 97.8 Å². The molecule has 4 rings (SSSR count). The fourth-order valence-corrected chi connectivity index (χ4v) is 5.25. The van der Waals surface area contributed by atoms with Crippen LogP contribution in [-0.4, -0.2) is 35.7 Å². The van der Waals surface area contributed by atoms with Crippen molar-refractivity contribution in [2.75, 3.05) is 19.8 Å². The van der Waals surface area contributed by atoms with Gasteiger partial charge in [0.1, 0.15) is 6.61 Å². The number of thioether (sulfide) groups is 1. The van der Waals surface area contributed by atoms with Gasteiger partial charge in [-0.2, -0.15) is 0 Å². The number of ether oxygens (including phenoxy) is 2. The van der Waals surface area contributed by atoms with E-state index in [1.54, 1.807) is 29.2 Å². The van der Waals surface area contributed by atoms with Crippen LogP contribution in [0.25, 0.3) is 6.08 Å². The van der Waals surface area contributed by atoms with Crippen LogP contribution in [0.5, 0.6) is 5.75 Å². The van der Waals surface area contributed by atoms with Crippen LogP contribution < -0.4 is 4.74 Å². The van der Waals surface area contributed by atoms with E-state index >= 15 is 0 Å². The van der Waals surface area contributed by atoms with Crippen molar-refractivity contribution >= 4 is 69.4 Å². The number of benzene rings is 3. The first-order valence-electron chi connectivity index (χ1n) is 11.2. The largest absolute Gasteiger partial charge is 0.486 e. The van der Waals surface area contributed by atoms with Crippen LogP contribution in [0, 0.1) is 0 Å². The van der Waals surface area contributed by atoms with Crippen LogP contribution in [-0.2, 0) is 16.1 Å². The molecule has 0 saturated carbocycles. The van der Waals surface area contributed by atoms with Crippen LogP contribution in [0.1, 0.15) is 18.1 Å². The highest BCUT2D eigenvalue weighted by Gasteiger charge is 2.33. The van der Waals surface area contributed by atoms with Gasteiger partial charge in [-0.15, -0.1) is 0 Å². The van der Waals surface area contributed by atoms with E-state index in [1.165, 1.54) is 11.8 Å². The number of nitrogens with zero attached hydrogens (tertiary/aromatic N) is 2. The van der Waals surface area contributed by atoms with Crippen LogP contribution >= 0.6 is 46.6 Å². The third-order valence-electron chi connectivity index (χ3n) is 5.18. The van der Waals surface area contributed by atoms with Gasteiger partial charge < -0.3 is 9.47 Å². The minimum Gasteiger partial charge on any atom is -0.486 e. The van der Waals surface area contributed by atoms with Crippen molar-refractivity contribution in [3.8, 4) is 5.75 Å². The second-order valence-electron chi connectivity index (χ2n) is 7.69. The summed E-state index contributed by atoms with van der Waals surface area (Å²) in [5.41, 5.74) is 2.26. The number of halogens is 3. The van der Waals surface area contributed by atoms with E-state index in [9.17, 15) is 4.79 Å². The van der Waals surface area contributed by atoms with Gasteiger partial charge >= 0.3 is 0 Å². The Balaban J connectivity index is 1.57. The zero-order valence-electron chi connectivity index (χ0n) is 19.4. The minimum absolute atomic E-state index is 0.152. The Labute approximate surface area is 229 Å². The fourth-order valence-electron chi connectivity index (χ4n) is 3.42. The van der Waals surface area contributed by atoms with E-state index in [0.717, 1.165) is 11.3 Å². The second kappa shape index (κ2) is 12.7. The molecule has 0 aromatic heterocycles. The van der Waals surface area contributed by atoms with Gasteiger partial charge in [0.15, 0.2) is 10.9 Å². The molecule has 5 nitrogen and oxygen atoms in total. The summed E-state index contributed by atoms with van der Waals surface area (Å²) in [5.74, 6) is 0.205. The van der Waals surface area contributed by atoms with Crippen LogP contribution in [0.4, 0.5) is 5.69 Å². The highest BCUT2D eigenvalue weighted by molar-refractivity contribution is 8.18. The SMILES string of the molecule is CCOCCN1C(=O)/C(=C/c2cc(Cl)c(OCc3ccccc3Cl)c(Cl)c2)SC1=Nc1ccccc1. The first-order valence-corrected chi connectivity index (χ1v) is 13.2. The van der Waals surface area contributed by atoms with Gasteiger partial charge in [0.05, 0.1) is 33.8 Å². The van der Waals surface area contributed by atoms with Gasteiger partial charge in [0, 0.05) is 17.2 Å². The molecule has 0 atom stereocenters. The number of hydrogen-bond donors (Lipinski definition) is 0. The van der Waals surface area contributed by atoms with E-state index in [1.807, 2.05) is 55.5 Å². The molecule has 1 saturated heterocycles. The van der Waals surface area contributed by atoms with Gasteiger partial charge in [0.2, 0.25) is 0 Å². The predicted molar refractivity (Wildman–Crippen MR) is 150 cm³/mol. The molecule has 1 aliphatic rings. The maximum atomic E-state index is 13.2. The molecule has 0 unspecified atom stereocenters.